The van der Waals surface area contributed by atoms with Gasteiger partial charge < -0.3 is 14.6 Å². The number of amides is 1. The summed E-state index contributed by atoms with van der Waals surface area (Å²) in [5.41, 5.74) is 3.16. The van der Waals surface area contributed by atoms with Crippen LogP contribution in [-0.4, -0.2) is 28.6 Å². The number of benzene rings is 2. The molecule has 1 aromatic heterocycles. The van der Waals surface area contributed by atoms with Crippen molar-refractivity contribution in [2.45, 2.75) is 46.1 Å². The van der Waals surface area contributed by atoms with Gasteiger partial charge in [0, 0.05) is 24.9 Å². The molecule has 0 saturated heterocycles. The van der Waals surface area contributed by atoms with Crippen molar-refractivity contribution in [2.75, 3.05) is 13.2 Å². The minimum absolute atomic E-state index is 0.0303. The highest BCUT2D eigenvalue weighted by Gasteiger charge is 2.10. The number of para-hydroxylation sites is 2. The third-order valence-corrected chi connectivity index (χ3v) is 5.32. The van der Waals surface area contributed by atoms with Gasteiger partial charge in [0.15, 0.2) is 0 Å². The first-order valence-electron chi connectivity index (χ1n) is 10.1. The van der Waals surface area contributed by atoms with E-state index in [4.69, 9.17) is 21.3 Å². The van der Waals surface area contributed by atoms with Gasteiger partial charge in [-0.05, 0) is 55.7 Å². The second-order valence-corrected chi connectivity index (χ2v) is 7.63. The summed E-state index contributed by atoms with van der Waals surface area (Å²) in [5.74, 6) is 1.94. The second-order valence-electron chi connectivity index (χ2n) is 7.22. The largest absolute Gasteiger partial charge is 0.492 e. The molecular weight excluding hydrogens is 386 g/mol. The number of hydrogen-bond acceptors (Lipinski definition) is 3. The molecule has 0 unspecified atom stereocenters. The zero-order valence-corrected chi connectivity index (χ0v) is 17.8. The topological polar surface area (TPSA) is 56.2 Å². The van der Waals surface area contributed by atoms with E-state index in [1.807, 2.05) is 37.3 Å². The lowest BCUT2D eigenvalue weighted by Gasteiger charge is -2.12. The second kappa shape index (κ2) is 10.3. The van der Waals surface area contributed by atoms with Crippen LogP contribution in [0.5, 0.6) is 5.75 Å². The van der Waals surface area contributed by atoms with Gasteiger partial charge in [0.1, 0.15) is 18.2 Å². The zero-order chi connectivity index (χ0) is 20.6. The standard InChI is InChI=1S/C23H28ClN3O2/c1-17-16-19(11-12-20(17)24)29-15-14-27-22-9-6-5-8-21(22)26-23(27)10-4-3-7-13-25-18(2)28/h5-6,8-9,11-12,16H,3-4,7,10,13-15H2,1-2H3,(H,25,28). The van der Waals surface area contributed by atoms with Crippen molar-refractivity contribution in [1.29, 1.82) is 0 Å². The van der Waals surface area contributed by atoms with Crippen LogP contribution >= 0.6 is 11.6 Å². The molecule has 2 aromatic carbocycles. The molecule has 0 aliphatic rings. The fraction of sp³-hybridized carbons (Fsp3) is 0.391. The van der Waals surface area contributed by atoms with E-state index >= 15 is 0 Å². The number of imidazole rings is 1. The Balaban J connectivity index is 1.60. The Labute approximate surface area is 177 Å². The Morgan fingerprint density at radius 1 is 1.17 bits per heavy atom. The lowest BCUT2D eigenvalue weighted by Crippen LogP contribution is -2.20. The molecular formula is C23H28ClN3O2. The summed E-state index contributed by atoms with van der Waals surface area (Å²) >= 11 is 6.09. The lowest BCUT2D eigenvalue weighted by atomic mass is 10.2. The van der Waals surface area contributed by atoms with E-state index in [-0.39, 0.29) is 5.91 Å². The maximum absolute atomic E-state index is 10.9. The molecule has 0 aliphatic heterocycles. The van der Waals surface area contributed by atoms with Gasteiger partial charge in [-0.15, -0.1) is 0 Å². The quantitative estimate of drug-likeness (QED) is 0.479. The number of carbonyl (C=O) groups excluding carboxylic acids is 1. The van der Waals surface area contributed by atoms with E-state index in [1.54, 1.807) is 6.92 Å². The predicted molar refractivity (Wildman–Crippen MR) is 118 cm³/mol. The third kappa shape index (κ3) is 5.97. The normalized spacial score (nSPS) is 11.0. The van der Waals surface area contributed by atoms with Crippen molar-refractivity contribution in [2.24, 2.45) is 0 Å². The van der Waals surface area contributed by atoms with E-state index in [0.29, 0.717) is 6.61 Å². The third-order valence-electron chi connectivity index (χ3n) is 4.90. The fourth-order valence-electron chi connectivity index (χ4n) is 3.38. The number of aromatic nitrogens is 2. The Morgan fingerprint density at radius 2 is 2.00 bits per heavy atom. The molecule has 3 aromatic rings. The van der Waals surface area contributed by atoms with E-state index in [1.165, 1.54) is 0 Å². The van der Waals surface area contributed by atoms with Crippen LogP contribution in [0.4, 0.5) is 0 Å². The molecule has 3 rings (SSSR count). The number of ether oxygens (including phenoxy) is 1. The maximum atomic E-state index is 10.9. The molecule has 0 fully saturated rings. The van der Waals surface area contributed by atoms with Crippen LogP contribution in [0, 0.1) is 6.92 Å². The number of carbonyl (C=O) groups is 1. The van der Waals surface area contributed by atoms with Gasteiger partial charge in [-0.2, -0.15) is 0 Å². The summed E-state index contributed by atoms with van der Waals surface area (Å²) < 4.78 is 8.21. The first-order valence-corrected chi connectivity index (χ1v) is 10.5. The van der Waals surface area contributed by atoms with E-state index in [0.717, 1.165) is 72.0 Å². The molecule has 0 spiro atoms. The molecule has 154 valence electrons. The Morgan fingerprint density at radius 3 is 2.79 bits per heavy atom. The molecule has 0 radical (unpaired) electrons. The molecule has 1 amide bonds. The number of hydrogen-bond donors (Lipinski definition) is 1. The monoisotopic (exact) mass is 413 g/mol. The molecule has 0 aliphatic carbocycles. The number of rotatable bonds is 10. The summed E-state index contributed by atoms with van der Waals surface area (Å²) in [6, 6.07) is 13.9. The predicted octanol–water partition coefficient (Wildman–Crippen LogP) is 4.93. The van der Waals surface area contributed by atoms with Gasteiger partial charge >= 0.3 is 0 Å². The van der Waals surface area contributed by atoms with Crippen LogP contribution in [0.2, 0.25) is 5.02 Å². The van der Waals surface area contributed by atoms with Gasteiger partial charge in [-0.3, -0.25) is 4.79 Å². The molecule has 29 heavy (non-hydrogen) atoms. The minimum atomic E-state index is 0.0303. The molecule has 0 atom stereocenters. The van der Waals surface area contributed by atoms with Crippen molar-refractivity contribution in [3.63, 3.8) is 0 Å². The van der Waals surface area contributed by atoms with Crippen molar-refractivity contribution in [1.82, 2.24) is 14.9 Å². The number of aryl methyl sites for hydroxylation is 2. The Bertz CT molecular complexity index is 968. The lowest BCUT2D eigenvalue weighted by molar-refractivity contribution is -0.118. The maximum Gasteiger partial charge on any atom is 0.216 e. The molecule has 1 heterocycles. The summed E-state index contributed by atoms with van der Waals surface area (Å²) in [5, 5.41) is 3.59. The first-order chi connectivity index (χ1) is 14.0. The number of nitrogens with one attached hydrogen (secondary N) is 1. The number of unbranched alkanes of at least 4 members (excludes halogenated alkanes) is 2. The first kappa shape index (κ1) is 21.2. The summed E-state index contributed by atoms with van der Waals surface area (Å²) in [6.07, 6.45) is 4.00. The number of halogens is 1. The van der Waals surface area contributed by atoms with Crippen molar-refractivity contribution >= 4 is 28.5 Å². The summed E-state index contributed by atoms with van der Waals surface area (Å²) in [4.78, 5) is 15.8. The van der Waals surface area contributed by atoms with Crippen LogP contribution in [0.25, 0.3) is 11.0 Å². The van der Waals surface area contributed by atoms with E-state index < -0.39 is 0 Å². The van der Waals surface area contributed by atoms with Crippen LogP contribution < -0.4 is 10.1 Å². The van der Waals surface area contributed by atoms with Crippen LogP contribution in [0.3, 0.4) is 0 Å². The number of nitrogens with zero attached hydrogens (tertiary/aromatic N) is 2. The highest BCUT2D eigenvalue weighted by molar-refractivity contribution is 6.31. The highest BCUT2D eigenvalue weighted by Crippen LogP contribution is 2.22. The smallest absolute Gasteiger partial charge is 0.216 e. The van der Waals surface area contributed by atoms with Crippen LogP contribution in [0.15, 0.2) is 42.5 Å². The fourth-order valence-corrected chi connectivity index (χ4v) is 3.49. The van der Waals surface area contributed by atoms with Crippen molar-refractivity contribution < 1.29 is 9.53 Å². The van der Waals surface area contributed by atoms with Crippen LogP contribution in [0.1, 0.15) is 37.6 Å². The average molecular weight is 414 g/mol. The molecule has 0 bridgehead atoms. The van der Waals surface area contributed by atoms with Gasteiger partial charge in [-0.1, -0.05) is 30.2 Å². The zero-order valence-electron chi connectivity index (χ0n) is 17.1. The average Bonchev–Trinajstić information content (AvgIpc) is 3.05. The highest BCUT2D eigenvalue weighted by atomic mass is 35.5. The molecule has 1 N–H and O–H groups in total. The Kier molecular flexibility index (Phi) is 7.53. The SMILES string of the molecule is CC(=O)NCCCCCc1nc2ccccc2n1CCOc1ccc(Cl)c(C)c1. The molecule has 5 nitrogen and oxygen atoms in total. The van der Waals surface area contributed by atoms with Gasteiger partial charge in [0.25, 0.3) is 0 Å². The van der Waals surface area contributed by atoms with E-state index in [2.05, 4.69) is 22.0 Å². The molecule has 0 saturated carbocycles. The Hall–Kier alpha value is -2.53. The van der Waals surface area contributed by atoms with Crippen molar-refractivity contribution in [3.05, 3.63) is 58.9 Å². The minimum Gasteiger partial charge on any atom is -0.492 e. The van der Waals surface area contributed by atoms with E-state index in [9.17, 15) is 4.79 Å². The summed E-state index contributed by atoms with van der Waals surface area (Å²) in [6.45, 7) is 5.57. The van der Waals surface area contributed by atoms with Crippen molar-refractivity contribution in [3.8, 4) is 5.75 Å². The van der Waals surface area contributed by atoms with Gasteiger partial charge in [-0.25, -0.2) is 4.98 Å². The van der Waals surface area contributed by atoms with Crippen LogP contribution in [-0.2, 0) is 17.8 Å². The number of fused-ring (bicyclic) bond motifs is 1. The molecule has 6 heteroatoms. The van der Waals surface area contributed by atoms with Gasteiger partial charge in [0.2, 0.25) is 5.91 Å². The summed E-state index contributed by atoms with van der Waals surface area (Å²) in [7, 11) is 0. The van der Waals surface area contributed by atoms with Gasteiger partial charge in [0.05, 0.1) is 17.6 Å².